The van der Waals surface area contributed by atoms with Crippen LogP contribution in [0.25, 0.3) is 0 Å². The van der Waals surface area contributed by atoms with Gasteiger partial charge in [-0.1, -0.05) is 6.58 Å². The van der Waals surface area contributed by atoms with Crippen LogP contribution >= 0.6 is 11.9 Å². The van der Waals surface area contributed by atoms with Crippen LogP contribution in [0.1, 0.15) is 0 Å². The van der Waals surface area contributed by atoms with E-state index in [1.807, 2.05) is 0 Å². The molecular formula is C2H3ClLiO. The molecule has 0 aromatic heterocycles. The third kappa shape index (κ3) is 12.8. The Bertz CT molecular complexity index is 23.6. The van der Waals surface area contributed by atoms with Crippen LogP contribution in [0.2, 0.25) is 0 Å². The fraction of sp³-hybridized carbons (Fsp3) is 0. The number of rotatable bonds is 1. The smallest absolute Gasteiger partial charge is 0.134 e. The van der Waals surface area contributed by atoms with E-state index in [0.717, 1.165) is 6.26 Å². The molecular weight excluding hydrogens is 82.4 g/mol. The molecule has 0 N–H and O–H groups in total. The Labute approximate surface area is 48.3 Å². The molecule has 0 saturated heterocycles. The maximum atomic E-state index is 4.57. The summed E-state index contributed by atoms with van der Waals surface area (Å²) in [5, 5.41) is 0. The summed E-state index contributed by atoms with van der Waals surface area (Å²) in [5.41, 5.74) is 0. The molecule has 0 aliphatic heterocycles. The molecule has 1 nitrogen and oxygen atoms in total. The monoisotopic (exact) mass is 85.0 g/mol. The van der Waals surface area contributed by atoms with Crippen LogP contribution in [-0.2, 0) is 4.29 Å². The van der Waals surface area contributed by atoms with Gasteiger partial charge in [0, 0.05) is 18.9 Å². The van der Waals surface area contributed by atoms with E-state index in [-0.39, 0.29) is 18.9 Å². The third-order valence-electron chi connectivity index (χ3n) is 0.0630. The van der Waals surface area contributed by atoms with Gasteiger partial charge >= 0.3 is 0 Å². The molecule has 0 fully saturated rings. The molecule has 0 aromatic rings. The van der Waals surface area contributed by atoms with Crippen LogP contribution in [-0.4, -0.2) is 18.9 Å². The van der Waals surface area contributed by atoms with Crippen LogP contribution in [0.3, 0.4) is 0 Å². The zero-order chi connectivity index (χ0) is 3.41. The summed E-state index contributed by atoms with van der Waals surface area (Å²) >= 11 is 4.57. The molecule has 0 aliphatic carbocycles. The largest absolute Gasteiger partial charge is 0.394 e. The first kappa shape index (κ1) is 9.06. The summed E-state index contributed by atoms with van der Waals surface area (Å²) in [7, 11) is 0. The van der Waals surface area contributed by atoms with E-state index in [1.54, 1.807) is 0 Å². The van der Waals surface area contributed by atoms with Gasteiger partial charge in [-0.2, -0.15) is 0 Å². The number of hydrogen-bond donors (Lipinski definition) is 0. The molecule has 0 unspecified atom stereocenters. The number of halogens is 1. The molecule has 0 aliphatic rings. The van der Waals surface area contributed by atoms with E-state index in [2.05, 4.69) is 22.7 Å². The first-order valence-corrected chi connectivity index (χ1v) is 1.11. The quantitative estimate of drug-likeness (QED) is 0.340. The van der Waals surface area contributed by atoms with Crippen molar-refractivity contribution in [2.75, 3.05) is 0 Å². The Hall–Kier alpha value is 0.427. The van der Waals surface area contributed by atoms with E-state index in [4.69, 9.17) is 0 Å². The molecule has 0 heterocycles. The minimum Gasteiger partial charge on any atom is -0.394 e. The predicted molar refractivity (Wildman–Crippen MR) is 22.9 cm³/mol. The maximum Gasteiger partial charge on any atom is 0.134 e. The van der Waals surface area contributed by atoms with Crippen LogP contribution in [0.15, 0.2) is 12.8 Å². The first-order chi connectivity index (χ1) is 1.91. The fourth-order valence-corrected chi connectivity index (χ4v) is 0. The van der Waals surface area contributed by atoms with Crippen molar-refractivity contribution in [3.8, 4) is 0 Å². The molecule has 5 heavy (non-hydrogen) atoms. The van der Waals surface area contributed by atoms with Crippen LogP contribution in [0.4, 0.5) is 0 Å². The van der Waals surface area contributed by atoms with Crippen molar-refractivity contribution in [3.05, 3.63) is 12.8 Å². The standard InChI is InChI=1S/C2H3ClO.Li/c1-2-4-3;/h2H,1H2;. The molecule has 0 aromatic carbocycles. The first-order valence-electron chi connectivity index (χ1n) is 0.798. The van der Waals surface area contributed by atoms with Crippen molar-refractivity contribution in [1.29, 1.82) is 0 Å². The third-order valence-corrected chi connectivity index (χ3v) is 0.189. The molecule has 0 atom stereocenters. The Balaban J connectivity index is 0. The molecule has 0 bridgehead atoms. The molecule has 25 valence electrons. The Morgan fingerprint density at radius 3 is 2.00 bits per heavy atom. The normalized spacial score (nSPS) is 4.20. The molecule has 3 heteroatoms. The Kier molecular flexibility index (Phi) is 16.0. The maximum absolute atomic E-state index is 4.57. The van der Waals surface area contributed by atoms with Gasteiger partial charge in [0.2, 0.25) is 0 Å². The SMILES string of the molecule is C=COCl.[Li]. The molecule has 0 spiro atoms. The van der Waals surface area contributed by atoms with Crippen LogP contribution in [0, 0.1) is 0 Å². The summed E-state index contributed by atoms with van der Waals surface area (Å²) in [5.74, 6) is 0. The van der Waals surface area contributed by atoms with Crippen molar-refractivity contribution >= 4 is 30.7 Å². The van der Waals surface area contributed by atoms with E-state index in [0.29, 0.717) is 0 Å². The van der Waals surface area contributed by atoms with Gasteiger partial charge in [0.15, 0.2) is 0 Å². The predicted octanol–water partition coefficient (Wildman–Crippen LogP) is 0.919. The van der Waals surface area contributed by atoms with Crippen molar-refractivity contribution < 1.29 is 4.29 Å². The zero-order valence-corrected chi connectivity index (χ0v) is 3.83. The Morgan fingerprint density at radius 1 is 1.80 bits per heavy atom. The zero-order valence-electron chi connectivity index (χ0n) is 3.07. The van der Waals surface area contributed by atoms with Crippen molar-refractivity contribution in [3.63, 3.8) is 0 Å². The topological polar surface area (TPSA) is 9.23 Å². The van der Waals surface area contributed by atoms with Crippen molar-refractivity contribution in [2.24, 2.45) is 0 Å². The fourth-order valence-electron chi connectivity index (χ4n) is 0. The summed E-state index contributed by atoms with van der Waals surface area (Å²) in [6.07, 6.45) is 1.14. The average molecular weight is 85.4 g/mol. The van der Waals surface area contributed by atoms with Crippen LogP contribution in [0.5, 0.6) is 0 Å². The molecule has 0 amide bonds. The average Bonchev–Trinajstić information content (AvgIpc) is 1.37. The van der Waals surface area contributed by atoms with Gasteiger partial charge < -0.3 is 4.29 Å². The van der Waals surface area contributed by atoms with Gasteiger partial charge in [-0.05, 0) is 0 Å². The van der Waals surface area contributed by atoms with Gasteiger partial charge in [0.25, 0.3) is 0 Å². The molecule has 0 saturated carbocycles. The van der Waals surface area contributed by atoms with Gasteiger partial charge in [0.1, 0.15) is 18.1 Å². The summed E-state index contributed by atoms with van der Waals surface area (Å²) in [6, 6.07) is 0. The van der Waals surface area contributed by atoms with Gasteiger partial charge in [0.05, 0.1) is 0 Å². The van der Waals surface area contributed by atoms with Crippen LogP contribution < -0.4 is 0 Å². The molecule has 1 radical (unpaired) electrons. The Morgan fingerprint density at radius 2 is 2.00 bits per heavy atom. The van der Waals surface area contributed by atoms with Crippen molar-refractivity contribution in [2.45, 2.75) is 0 Å². The van der Waals surface area contributed by atoms with E-state index < -0.39 is 0 Å². The number of hydrogen-bond acceptors (Lipinski definition) is 1. The summed E-state index contributed by atoms with van der Waals surface area (Å²) < 4.78 is 3.78. The second-order valence-electron chi connectivity index (χ2n) is 0.256. The minimum atomic E-state index is 0. The van der Waals surface area contributed by atoms with E-state index in [1.165, 1.54) is 0 Å². The second-order valence-corrected chi connectivity index (χ2v) is 0.434. The van der Waals surface area contributed by atoms with Gasteiger partial charge in [-0.3, -0.25) is 0 Å². The van der Waals surface area contributed by atoms with E-state index >= 15 is 0 Å². The summed E-state index contributed by atoms with van der Waals surface area (Å²) in [4.78, 5) is 0. The van der Waals surface area contributed by atoms with Gasteiger partial charge in [-0.15, -0.1) is 0 Å². The van der Waals surface area contributed by atoms with Gasteiger partial charge in [-0.25, -0.2) is 0 Å². The van der Waals surface area contributed by atoms with E-state index in [9.17, 15) is 0 Å². The summed E-state index contributed by atoms with van der Waals surface area (Å²) in [6.45, 7) is 3.12. The minimum absolute atomic E-state index is 0. The van der Waals surface area contributed by atoms with Crippen molar-refractivity contribution in [1.82, 2.24) is 0 Å². The second kappa shape index (κ2) is 8.83. The molecule has 0 rings (SSSR count).